The largest absolute Gasteiger partial charge is 0.480 e. The maximum Gasteiger partial charge on any atom is 0.326 e. The van der Waals surface area contributed by atoms with E-state index in [-0.39, 0.29) is 5.91 Å². The fraction of sp³-hybridized carbons (Fsp3) is 0.556. The van der Waals surface area contributed by atoms with Crippen molar-refractivity contribution >= 4 is 11.9 Å². The Balaban J connectivity index is 1.89. The van der Waals surface area contributed by atoms with Crippen LogP contribution in [0.3, 0.4) is 0 Å². The summed E-state index contributed by atoms with van der Waals surface area (Å²) < 4.78 is 5.32. The van der Waals surface area contributed by atoms with E-state index in [4.69, 9.17) is 4.74 Å². The van der Waals surface area contributed by atoms with Crippen LogP contribution in [0.4, 0.5) is 0 Å². The number of likely N-dealkylation sites (N-methyl/N-ethyl adjacent to an activating group) is 1. The predicted octanol–water partition coefficient (Wildman–Crippen LogP) is 2.35. The van der Waals surface area contributed by atoms with E-state index in [1.54, 1.807) is 7.05 Å². The van der Waals surface area contributed by atoms with Gasteiger partial charge in [0.15, 0.2) is 0 Å². The number of carbonyl (C=O) groups is 2. The van der Waals surface area contributed by atoms with Gasteiger partial charge in [0.1, 0.15) is 6.04 Å². The molecule has 0 bridgehead atoms. The maximum absolute atomic E-state index is 12.4. The molecule has 0 spiro atoms. The van der Waals surface area contributed by atoms with Crippen LogP contribution in [0.2, 0.25) is 0 Å². The number of rotatable bonds is 7. The number of carboxylic acids is 1. The molecular formula is C18H25NO4. The lowest BCUT2D eigenvalue weighted by Gasteiger charge is -2.27. The van der Waals surface area contributed by atoms with Crippen molar-refractivity contribution in [3.05, 3.63) is 35.9 Å². The normalized spacial score (nSPS) is 16.7. The summed E-state index contributed by atoms with van der Waals surface area (Å²) in [6, 6.07) is 8.59. The topological polar surface area (TPSA) is 66.8 Å². The molecule has 1 unspecified atom stereocenters. The zero-order valence-electron chi connectivity index (χ0n) is 13.6. The van der Waals surface area contributed by atoms with Gasteiger partial charge in [0, 0.05) is 33.1 Å². The van der Waals surface area contributed by atoms with Gasteiger partial charge in [0.25, 0.3) is 0 Å². The average molecular weight is 319 g/mol. The second-order valence-electron chi connectivity index (χ2n) is 6.14. The Morgan fingerprint density at radius 3 is 2.52 bits per heavy atom. The number of ether oxygens (including phenoxy) is 1. The van der Waals surface area contributed by atoms with Gasteiger partial charge in [-0.3, -0.25) is 4.79 Å². The lowest BCUT2D eigenvalue weighted by Crippen LogP contribution is -2.44. The summed E-state index contributed by atoms with van der Waals surface area (Å²) >= 11 is 0. The highest BCUT2D eigenvalue weighted by atomic mass is 16.5. The molecule has 0 aliphatic carbocycles. The van der Waals surface area contributed by atoms with Crippen LogP contribution in [0.1, 0.15) is 31.2 Å². The number of carboxylic acid groups (broad SMARTS) is 1. The molecule has 1 aromatic carbocycles. The second-order valence-corrected chi connectivity index (χ2v) is 6.14. The highest BCUT2D eigenvalue weighted by Gasteiger charge is 2.27. The maximum atomic E-state index is 12.4. The SMILES string of the molecule is CN(C(=O)CCC1CCOCC1)C(Cc1ccccc1)C(=O)O. The summed E-state index contributed by atoms with van der Waals surface area (Å²) in [7, 11) is 1.59. The van der Waals surface area contributed by atoms with Gasteiger partial charge >= 0.3 is 5.97 Å². The molecule has 1 heterocycles. The molecule has 1 saturated heterocycles. The van der Waals surface area contributed by atoms with Crippen molar-refractivity contribution in [1.29, 1.82) is 0 Å². The molecule has 5 heteroatoms. The summed E-state index contributed by atoms with van der Waals surface area (Å²) in [5.74, 6) is -0.547. The highest BCUT2D eigenvalue weighted by Crippen LogP contribution is 2.21. The quantitative estimate of drug-likeness (QED) is 0.838. The van der Waals surface area contributed by atoms with Crippen LogP contribution in [0.5, 0.6) is 0 Å². The molecule has 1 aliphatic rings. The monoisotopic (exact) mass is 319 g/mol. The summed E-state index contributed by atoms with van der Waals surface area (Å²) in [6.07, 6.45) is 3.52. The first-order chi connectivity index (χ1) is 11.1. The molecule has 1 N–H and O–H groups in total. The lowest BCUT2D eigenvalue weighted by molar-refractivity contribution is -0.149. The Hall–Kier alpha value is -1.88. The number of carbonyl (C=O) groups excluding carboxylic acids is 1. The molecule has 1 aliphatic heterocycles. The van der Waals surface area contributed by atoms with Crippen molar-refractivity contribution < 1.29 is 19.4 Å². The van der Waals surface area contributed by atoms with Crippen LogP contribution >= 0.6 is 0 Å². The van der Waals surface area contributed by atoms with Crippen molar-refractivity contribution in [2.75, 3.05) is 20.3 Å². The third-order valence-electron chi connectivity index (χ3n) is 4.53. The van der Waals surface area contributed by atoms with Gasteiger partial charge in [-0.1, -0.05) is 30.3 Å². The zero-order chi connectivity index (χ0) is 16.7. The lowest BCUT2D eigenvalue weighted by atomic mass is 9.94. The zero-order valence-corrected chi connectivity index (χ0v) is 13.6. The Morgan fingerprint density at radius 1 is 1.26 bits per heavy atom. The van der Waals surface area contributed by atoms with E-state index in [0.717, 1.165) is 38.0 Å². The molecule has 0 aromatic heterocycles. The van der Waals surface area contributed by atoms with E-state index in [2.05, 4.69) is 0 Å². The van der Waals surface area contributed by atoms with Crippen molar-refractivity contribution in [3.63, 3.8) is 0 Å². The standard InChI is InChI=1S/C18H25NO4/c1-19(17(20)8-7-14-9-11-23-12-10-14)16(18(21)22)13-15-5-3-2-4-6-15/h2-6,14,16H,7-13H2,1H3,(H,21,22). The molecule has 23 heavy (non-hydrogen) atoms. The molecule has 126 valence electrons. The van der Waals surface area contributed by atoms with Crippen LogP contribution in [0, 0.1) is 5.92 Å². The van der Waals surface area contributed by atoms with E-state index < -0.39 is 12.0 Å². The van der Waals surface area contributed by atoms with Gasteiger partial charge in [-0.25, -0.2) is 4.79 Å². The van der Waals surface area contributed by atoms with Crippen LogP contribution in [-0.4, -0.2) is 48.2 Å². The van der Waals surface area contributed by atoms with Crippen molar-refractivity contribution in [1.82, 2.24) is 4.90 Å². The van der Waals surface area contributed by atoms with Gasteiger partial charge in [-0.05, 0) is 30.7 Å². The molecule has 0 saturated carbocycles. The smallest absolute Gasteiger partial charge is 0.326 e. The Kier molecular flexibility index (Phi) is 6.59. The Labute approximate surface area is 137 Å². The average Bonchev–Trinajstić information content (AvgIpc) is 2.58. The first-order valence-corrected chi connectivity index (χ1v) is 8.18. The van der Waals surface area contributed by atoms with E-state index >= 15 is 0 Å². The number of benzene rings is 1. The molecular weight excluding hydrogens is 294 g/mol. The molecule has 1 fully saturated rings. The molecule has 1 aromatic rings. The van der Waals surface area contributed by atoms with Crippen LogP contribution < -0.4 is 0 Å². The first-order valence-electron chi connectivity index (χ1n) is 8.18. The predicted molar refractivity (Wildman–Crippen MR) is 87.1 cm³/mol. The van der Waals surface area contributed by atoms with Crippen molar-refractivity contribution in [2.24, 2.45) is 5.92 Å². The third kappa shape index (κ3) is 5.36. The van der Waals surface area contributed by atoms with Crippen molar-refractivity contribution in [2.45, 2.75) is 38.1 Å². The fourth-order valence-corrected chi connectivity index (χ4v) is 2.94. The fourth-order valence-electron chi connectivity index (χ4n) is 2.94. The van der Waals surface area contributed by atoms with Gasteiger partial charge in [0.05, 0.1) is 0 Å². The minimum Gasteiger partial charge on any atom is -0.480 e. The number of nitrogens with zero attached hydrogens (tertiary/aromatic N) is 1. The number of aliphatic carboxylic acids is 1. The van der Waals surface area contributed by atoms with E-state index in [9.17, 15) is 14.7 Å². The number of hydrogen-bond acceptors (Lipinski definition) is 3. The van der Waals surface area contributed by atoms with Crippen LogP contribution in [0.25, 0.3) is 0 Å². The van der Waals surface area contributed by atoms with E-state index in [1.807, 2.05) is 30.3 Å². The molecule has 0 radical (unpaired) electrons. The summed E-state index contributed by atoms with van der Waals surface area (Å²) in [4.78, 5) is 25.3. The minimum atomic E-state index is -0.962. The molecule has 5 nitrogen and oxygen atoms in total. The molecule has 2 rings (SSSR count). The number of amides is 1. The third-order valence-corrected chi connectivity index (χ3v) is 4.53. The summed E-state index contributed by atoms with van der Waals surface area (Å²) in [5.41, 5.74) is 0.920. The van der Waals surface area contributed by atoms with Crippen molar-refractivity contribution in [3.8, 4) is 0 Å². The first kappa shape index (κ1) is 17.5. The molecule has 1 amide bonds. The highest BCUT2D eigenvalue weighted by molar-refractivity contribution is 5.83. The van der Waals surface area contributed by atoms with Crippen LogP contribution in [0.15, 0.2) is 30.3 Å². The van der Waals surface area contributed by atoms with E-state index in [1.165, 1.54) is 4.90 Å². The van der Waals surface area contributed by atoms with Gasteiger partial charge in [-0.2, -0.15) is 0 Å². The van der Waals surface area contributed by atoms with Gasteiger partial charge < -0.3 is 14.7 Å². The Bertz CT molecular complexity index is 511. The minimum absolute atomic E-state index is 0.0974. The van der Waals surface area contributed by atoms with Gasteiger partial charge in [-0.15, -0.1) is 0 Å². The number of hydrogen-bond donors (Lipinski definition) is 1. The van der Waals surface area contributed by atoms with E-state index in [0.29, 0.717) is 18.8 Å². The summed E-state index contributed by atoms with van der Waals surface area (Å²) in [5, 5.41) is 9.46. The Morgan fingerprint density at radius 2 is 1.91 bits per heavy atom. The second kappa shape index (κ2) is 8.67. The summed E-state index contributed by atoms with van der Waals surface area (Å²) in [6.45, 7) is 1.53. The van der Waals surface area contributed by atoms with Gasteiger partial charge in [0.2, 0.25) is 5.91 Å². The van der Waals surface area contributed by atoms with Crippen LogP contribution in [-0.2, 0) is 20.7 Å². The molecule has 1 atom stereocenters.